The van der Waals surface area contributed by atoms with Gasteiger partial charge in [-0.3, -0.25) is 9.59 Å². The van der Waals surface area contributed by atoms with Gasteiger partial charge in [-0.1, -0.05) is 49.6 Å². The molecule has 2 aromatic rings. The van der Waals surface area contributed by atoms with Gasteiger partial charge in [-0.2, -0.15) is 4.31 Å². The Morgan fingerprint density at radius 2 is 1.69 bits per heavy atom. The number of carbonyl (C=O) groups is 2. The summed E-state index contributed by atoms with van der Waals surface area (Å²) in [6, 6.07) is 12.9. The first kappa shape index (κ1) is 22.5. The topological polar surface area (TPSA) is 101 Å². The van der Waals surface area contributed by atoms with E-state index in [2.05, 4.69) is 0 Å². The van der Waals surface area contributed by atoms with Crippen molar-refractivity contribution in [1.29, 1.82) is 0 Å². The summed E-state index contributed by atoms with van der Waals surface area (Å²) in [5, 5.41) is 0. The number of hydrogen-bond donors (Lipinski definition) is 1. The summed E-state index contributed by atoms with van der Waals surface area (Å²) in [5.74, 6) is -0.977. The number of hydrogen-bond acceptors (Lipinski definition) is 4. The molecule has 1 heterocycles. The van der Waals surface area contributed by atoms with Crippen LogP contribution < -0.4 is 5.73 Å². The zero-order valence-electron chi connectivity index (χ0n) is 18.2. The van der Waals surface area contributed by atoms with Crippen molar-refractivity contribution in [3.63, 3.8) is 0 Å². The van der Waals surface area contributed by atoms with Crippen LogP contribution in [0, 0.1) is 0 Å². The molecular weight excluding hydrogens is 426 g/mol. The highest BCUT2D eigenvalue weighted by molar-refractivity contribution is 7.89. The first-order valence-electron chi connectivity index (χ1n) is 11.0. The molecule has 1 unspecified atom stereocenters. The van der Waals surface area contributed by atoms with Gasteiger partial charge in [0.25, 0.3) is 5.91 Å². The van der Waals surface area contributed by atoms with E-state index in [9.17, 15) is 18.0 Å². The van der Waals surface area contributed by atoms with Gasteiger partial charge < -0.3 is 10.6 Å². The van der Waals surface area contributed by atoms with Gasteiger partial charge in [0.15, 0.2) is 0 Å². The molecule has 1 aliphatic heterocycles. The lowest BCUT2D eigenvalue weighted by Gasteiger charge is -2.35. The van der Waals surface area contributed by atoms with Gasteiger partial charge >= 0.3 is 0 Å². The third-order valence-electron chi connectivity index (χ3n) is 6.68. The van der Waals surface area contributed by atoms with Gasteiger partial charge in [-0.05, 0) is 42.2 Å². The number of carbonyl (C=O) groups excluding carboxylic acids is 2. The highest BCUT2D eigenvalue weighted by atomic mass is 32.2. The summed E-state index contributed by atoms with van der Waals surface area (Å²) in [6.07, 6.45) is 5.22. The van der Waals surface area contributed by atoms with Crippen molar-refractivity contribution in [2.24, 2.45) is 5.73 Å². The minimum absolute atomic E-state index is 0.0223. The fraction of sp³-hybridized carbons (Fsp3) is 0.417. The molecule has 2 N–H and O–H groups in total. The number of nitrogens with zero attached hydrogens (tertiary/aromatic N) is 2. The minimum atomic E-state index is -3.73. The SMILES string of the molecule is CN(C1CCCCC1)S(=O)(=O)c1cccc(C(=O)N2Cc3ccccc3CC2C(N)=O)c1. The van der Waals surface area contributed by atoms with Crippen molar-refractivity contribution in [3.8, 4) is 0 Å². The fourth-order valence-corrected chi connectivity index (χ4v) is 6.22. The quantitative estimate of drug-likeness (QED) is 0.749. The lowest BCUT2D eigenvalue weighted by Crippen LogP contribution is -2.51. The normalized spacial score (nSPS) is 19.6. The maximum Gasteiger partial charge on any atom is 0.254 e. The van der Waals surface area contributed by atoms with Crippen molar-refractivity contribution >= 4 is 21.8 Å². The van der Waals surface area contributed by atoms with Crippen LogP contribution in [0.1, 0.15) is 53.6 Å². The maximum atomic E-state index is 13.4. The zero-order chi connectivity index (χ0) is 22.9. The number of amides is 2. The molecule has 0 radical (unpaired) electrons. The smallest absolute Gasteiger partial charge is 0.254 e. The summed E-state index contributed by atoms with van der Waals surface area (Å²) in [4.78, 5) is 27.0. The Balaban J connectivity index is 1.62. The van der Waals surface area contributed by atoms with Crippen LogP contribution in [0.5, 0.6) is 0 Å². The first-order valence-corrected chi connectivity index (χ1v) is 12.5. The van der Waals surface area contributed by atoms with Gasteiger partial charge in [0.1, 0.15) is 6.04 Å². The third kappa shape index (κ3) is 4.29. The number of primary amides is 1. The van der Waals surface area contributed by atoms with Crippen LogP contribution in [0.4, 0.5) is 0 Å². The molecule has 0 aromatic heterocycles. The van der Waals surface area contributed by atoms with Gasteiger partial charge in [-0.15, -0.1) is 0 Å². The lowest BCUT2D eigenvalue weighted by atomic mass is 9.93. The summed E-state index contributed by atoms with van der Waals surface area (Å²) in [5.41, 5.74) is 7.80. The molecule has 0 bridgehead atoms. The Bertz CT molecular complexity index is 1130. The van der Waals surface area contributed by atoms with Crippen molar-refractivity contribution in [3.05, 3.63) is 65.2 Å². The van der Waals surface area contributed by atoms with Gasteiger partial charge in [0.2, 0.25) is 15.9 Å². The zero-order valence-corrected chi connectivity index (χ0v) is 19.1. The van der Waals surface area contributed by atoms with E-state index in [0.29, 0.717) is 6.42 Å². The summed E-state index contributed by atoms with van der Waals surface area (Å²) < 4.78 is 27.9. The molecule has 8 heteroatoms. The Labute approximate surface area is 189 Å². The highest BCUT2D eigenvalue weighted by Crippen LogP contribution is 2.28. The van der Waals surface area contributed by atoms with E-state index in [4.69, 9.17) is 5.73 Å². The Morgan fingerprint density at radius 3 is 2.38 bits per heavy atom. The second kappa shape index (κ2) is 9.03. The summed E-state index contributed by atoms with van der Waals surface area (Å²) in [6.45, 7) is 0.252. The second-order valence-electron chi connectivity index (χ2n) is 8.66. The third-order valence-corrected chi connectivity index (χ3v) is 8.59. The van der Waals surface area contributed by atoms with E-state index in [1.54, 1.807) is 19.2 Å². The van der Waals surface area contributed by atoms with E-state index in [1.807, 2.05) is 24.3 Å². The predicted octanol–water partition coefficient (Wildman–Crippen LogP) is 2.69. The number of benzene rings is 2. The van der Waals surface area contributed by atoms with Crippen LogP contribution in [0.15, 0.2) is 53.4 Å². The van der Waals surface area contributed by atoms with Crippen molar-refractivity contribution in [2.75, 3.05) is 7.05 Å². The molecule has 1 aliphatic carbocycles. The molecule has 4 rings (SSSR count). The van der Waals surface area contributed by atoms with E-state index in [-0.39, 0.29) is 23.0 Å². The molecule has 0 saturated heterocycles. The largest absolute Gasteiger partial charge is 0.368 e. The van der Waals surface area contributed by atoms with Crippen LogP contribution in [-0.2, 0) is 27.8 Å². The number of nitrogens with two attached hydrogens (primary N) is 1. The van der Waals surface area contributed by atoms with Crippen molar-refractivity contribution in [1.82, 2.24) is 9.21 Å². The van der Waals surface area contributed by atoms with E-state index in [0.717, 1.165) is 43.2 Å². The number of sulfonamides is 1. The Morgan fingerprint density at radius 1 is 1.00 bits per heavy atom. The predicted molar refractivity (Wildman–Crippen MR) is 121 cm³/mol. The number of fused-ring (bicyclic) bond motifs is 1. The summed E-state index contributed by atoms with van der Waals surface area (Å²) >= 11 is 0. The fourth-order valence-electron chi connectivity index (χ4n) is 4.75. The molecular formula is C24H29N3O4S. The van der Waals surface area contributed by atoms with E-state index >= 15 is 0 Å². The van der Waals surface area contributed by atoms with Crippen LogP contribution in [0.2, 0.25) is 0 Å². The van der Waals surface area contributed by atoms with E-state index in [1.165, 1.54) is 21.3 Å². The maximum absolute atomic E-state index is 13.4. The monoisotopic (exact) mass is 455 g/mol. The molecule has 32 heavy (non-hydrogen) atoms. The molecule has 2 amide bonds. The molecule has 1 fully saturated rings. The average Bonchev–Trinajstić information content (AvgIpc) is 2.82. The van der Waals surface area contributed by atoms with Crippen molar-refractivity contribution < 1.29 is 18.0 Å². The van der Waals surface area contributed by atoms with Crippen LogP contribution in [-0.4, -0.2) is 48.6 Å². The van der Waals surface area contributed by atoms with E-state index < -0.39 is 27.9 Å². The molecule has 7 nitrogen and oxygen atoms in total. The molecule has 2 aliphatic rings. The average molecular weight is 456 g/mol. The standard InChI is InChI=1S/C24H29N3O4S/c1-26(20-11-3-2-4-12-20)32(30,31)21-13-7-10-18(14-21)24(29)27-16-19-9-6-5-8-17(19)15-22(27)23(25)28/h5-10,13-14,20,22H,2-4,11-12,15-16H2,1H3,(H2,25,28). The molecule has 1 atom stereocenters. The Kier molecular flexibility index (Phi) is 6.35. The van der Waals surface area contributed by atoms with Crippen LogP contribution in [0.25, 0.3) is 0 Å². The molecule has 2 aromatic carbocycles. The van der Waals surface area contributed by atoms with Crippen LogP contribution in [0.3, 0.4) is 0 Å². The first-order chi connectivity index (χ1) is 15.3. The Hall–Kier alpha value is -2.71. The number of rotatable bonds is 5. The van der Waals surface area contributed by atoms with Gasteiger partial charge in [0.05, 0.1) is 4.90 Å². The molecule has 1 saturated carbocycles. The second-order valence-corrected chi connectivity index (χ2v) is 10.7. The lowest BCUT2D eigenvalue weighted by molar-refractivity contribution is -0.122. The van der Waals surface area contributed by atoms with Crippen LogP contribution >= 0.6 is 0 Å². The van der Waals surface area contributed by atoms with Gasteiger partial charge in [0, 0.05) is 31.6 Å². The summed E-state index contributed by atoms with van der Waals surface area (Å²) in [7, 11) is -2.12. The van der Waals surface area contributed by atoms with Crippen molar-refractivity contribution in [2.45, 2.75) is 62.0 Å². The highest BCUT2D eigenvalue weighted by Gasteiger charge is 2.35. The minimum Gasteiger partial charge on any atom is -0.368 e. The molecule has 0 spiro atoms. The van der Waals surface area contributed by atoms with Gasteiger partial charge in [-0.25, -0.2) is 8.42 Å². The molecule has 170 valence electrons.